The maximum Gasteiger partial charge on any atom is 0.0368 e. The third kappa shape index (κ3) is 2.76. The van der Waals surface area contributed by atoms with Gasteiger partial charge in [0.25, 0.3) is 0 Å². The van der Waals surface area contributed by atoms with Gasteiger partial charge in [-0.05, 0) is 51.4 Å². The van der Waals surface area contributed by atoms with Gasteiger partial charge < -0.3 is 10.2 Å². The van der Waals surface area contributed by atoms with Gasteiger partial charge in [-0.1, -0.05) is 18.2 Å². The van der Waals surface area contributed by atoms with Gasteiger partial charge in [-0.3, -0.25) is 0 Å². The summed E-state index contributed by atoms with van der Waals surface area (Å²) in [5, 5.41) is 3.26. The normalized spacial score (nSPS) is 21.1. The number of para-hydroxylation sites is 1. The van der Waals surface area contributed by atoms with Crippen LogP contribution in [0.25, 0.3) is 0 Å². The van der Waals surface area contributed by atoms with Crippen LogP contribution in [0.2, 0.25) is 0 Å². The van der Waals surface area contributed by atoms with Crippen LogP contribution in [-0.2, 0) is 0 Å². The molecule has 2 rings (SSSR count). The van der Waals surface area contributed by atoms with Gasteiger partial charge in [0.15, 0.2) is 0 Å². The van der Waals surface area contributed by atoms with Gasteiger partial charge in [-0.2, -0.15) is 0 Å². The summed E-state index contributed by atoms with van der Waals surface area (Å²) < 4.78 is 0. The van der Waals surface area contributed by atoms with Crippen molar-refractivity contribution in [2.45, 2.75) is 31.7 Å². The molecule has 0 radical (unpaired) electrons. The van der Waals surface area contributed by atoms with Crippen LogP contribution in [0.4, 0.5) is 5.69 Å². The zero-order valence-corrected chi connectivity index (χ0v) is 10.2. The van der Waals surface area contributed by atoms with Crippen molar-refractivity contribution in [3.63, 3.8) is 0 Å². The van der Waals surface area contributed by atoms with Gasteiger partial charge in [-0.25, -0.2) is 0 Å². The molecule has 88 valence electrons. The fraction of sp³-hybridized carbons (Fsp3) is 0.571. The summed E-state index contributed by atoms with van der Waals surface area (Å²) in [7, 11) is 2.04. The van der Waals surface area contributed by atoms with Gasteiger partial charge in [0.05, 0.1) is 0 Å². The minimum absolute atomic E-state index is 0.726. The zero-order valence-electron chi connectivity index (χ0n) is 10.2. The Kier molecular flexibility index (Phi) is 4.23. The molecule has 1 fully saturated rings. The number of nitrogens with one attached hydrogen (secondary N) is 1. The molecule has 1 saturated heterocycles. The number of hydrogen-bond acceptors (Lipinski definition) is 2. The van der Waals surface area contributed by atoms with E-state index >= 15 is 0 Å². The maximum absolute atomic E-state index is 3.26. The first kappa shape index (κ1) is 11.5. The van der Waals surface area contributed by atoms with Gasteiger partial charge in [-0.15, -0.1) is 0 Å². The van der Waals surface area contributed by atoms with Crippen molar-refractivity contribution in [3.05, 3.63) is 30.3 Å². The summed E-state index contributed by atoms with van der Waals surface area (Å²) in [6, 6.07) is 11.6. The van der Waals surface area contributed by atoms with Crippen molar-refractivity contribution in [1.29, 1.82) is 0 Å². The maximum atomic E-state index is 3.26. The molecule has 1 aliphatic rings. The molecule has 2 heteroatoms. The third-order valence-electron chi connectivity index (χ3n) is 3.44. The fourth-order valence-electron chi connectivity index (χ4n) is 2.57. The Bertz CT molecular complexity index is 297. The highest BCUT2D eigenvalue weighted by Gasteiger charge is 2.21. The van der Waals surface area contributed by atoms with E-state index in [2.05, 4.69) is 40.5 Å². The number of piperidine rings is 1. The number of rotatable bonds is 4. The van der Waals surface area contributed by atoms with Crippen LogP contribution in [0.5, 0.6) is 0 Å². The highest BCUT2D eigenvalue weighted by molar-refractivity contribution is 5.47. The monoisotopic (exact) mass is 218 g/mol. The molecule has 1 aliphatic heterocycles. The van der Waals surface area contributed by atoms with E-state index in [-0.39, 0.29) is 0 Å². The topological polar surface area (TPSA) is 15.3 Å². The Labute approximate surface area is 98.7 Å². The molecule has 0 spiro atoms. The molecule has 0 saturated carbocycles. The summed E-state index contributed by atoms with van der Waals surface area (Å²) in [6.45, 7) is 2.34. The van der Waals surface area contributed by atoms with Crippen molar-refractivity contribution < 1.29 is 0 Å². The van der Waals surface area contributed by atoms with E-state index in [1.807, 2.05) is 7.05 Å². The molecule has 16 heavy (non-hydrogen) atoms. The average molecular weight is 218 g/mol. The van der Waals surface area contributed by atoms with Crippen molar-refractivity contribution in [2.75, 3.05) is 25.0 Å². The van der Waals surface area contributed by atoms with E-state index in [0.717, 1.165) is 12.6 Å². The van der Waals surface area contributed by atoms with E-state index in [1.165, 1.54) is 37.9 Å². The molecule has 0 aromatic heterocycles. The first-order chi connectivity index (χ1) is 7.92. The van der Waals surface area contributed by atoms with Crippen LogP contribution in [0.1, 0.15) is 25.7 Å². The van der Waals surface area contributed by atoms with E-state index in [1.54, 1.807) is 0 Å². The predicted molar refractivity (Wildman–Crippen MR) is 70.0 cm³/mol. The minimum Gasteiger partial charge on any atom is -0.369 e. The molecule has 1 aromatic rings. The van der Waals surface area contributed by atoms with Crippen LogP contribution in [0.3, 0.4) is 0 Å². The summed E-state index contributed by atoms with van der Waals surface area (Å²) in [6.07, 6.45) is 5.32. The predicted octanol–water partition coefficient (Wildman–Crippen LogP) is 2.66. The Morgan fingerprint density at radius 2 is 2.06 bits per heavy atom. The molecule has 1 atom stereocenters. The standard InChI is InChI=1S/C14H22N2/c1-15-11-10-14-9-5-6-12-16(14)13-7-3-2-4-8-13/h2-4,7-8,14-15H,5-6,9-12H2,1H3. The van der Waals surface area contributed by atoms with E-state index in [0.29, 0.717) is 0 Å². The number of anilines is 1. The molecular formula is C14H22N2. The van der Waals surface area contributed by atoms with Crippen molar-refractivity contribution >= 4 is 5.69 Å². The highest BCUT2D eigenvalue weighted by Crippen LogP contribution is 2.25. The first-order valence-electron chi connectivity index (χ1n) is 6.38. The first-order valence-corrected chi connectivity index (χ1v) is 6.38. The highest BCUT2D eigenvalue weighted by atomic mass is 15.2. The van der Waals surface area contributed by atoms with E-state index in [9.17, 15) is 0 Å². The van der Waals surface area contributed by atoms with Crippen molar-refractivity contribution in [1.82, 2.24) is 5.32 Å². The van der Waals surface area contributed by atoms with Crippen LogP contribution >= 0.6 is 0 Å². The fourth-order valence-corrected chi connectivity index (χ4v) is 2.57. The zero-order chi connectivity index (χ0) is 11.2. The Hall–Kier alpha value is -1.02. The smallest absolute Gasteiger partial charge is 0.0368 e. The SMILES string of the molecule is CNCCC1CCCCN1c1ccccc1. The summed E-state index contributed by atoms with van der Waals surface area (Å²) in [5.74, 6) is 0. The summed E-state index contributed by atoms with van der Waals surface area (Å²) in [5.41, 5.74) is 1.39. The Balaban J connectivity index is 2.04. The number of benzene rings is 1. The Morgan fingerprint density at radius 3 is 2.81 bits per heavy atom. The number of hydrogen-bond donors (Lipinski definition) is 1. The van der Waals surface area contributed by atoms with E-state index in [4.69, 9.17) is 0 Å². The molecule has 0 aliphatic carbocycles. The lowest BCUT2D eigenvalue weighted by Crippen LogP contribution is -2.41. The lowest BCUT2D eigenvalue weighted by molar-refractivity contribution is 0.433. The largest absolute Gasteiger partial charge is 0.369 e. The molecule has 0 amide bonds. The van der Waals surface area contributed by atoms with Gasteiger partial charge >= 0.3 is 0 Å². The van der Waals surface area contributed by atoms with E-state index < -0.39 is 0 Å². The molecule has 2 nitrogen and oxygen atoms in total. The lowest BCUT2D eigenvalue weighted by atomic mass is 9.98. The molecule has 0 bridgehead atoms. The number of nitrogens with zero attached hydrogens (tertiary/aromatic N) is 1. The van der Waals surface area contributed by atoms with Gasteiger partial charge in [0, 0.05) is 18.3 Å². The van der Waals surface area contributed by atoms with Crippen LogP contribution in [-0.4, -0.2) is 26.2 Å². The van der Waals surface area contributed by atoms with Crippen LogP contribution < -0.4 is 10.2 Å². The van der Waals surface area contributed by atoms with Crippen LogP contribution in [0, 0.1) is 0 Å². The van der Waals surface area contributed by atoms with Crippen LogP contribution in [0.15, 0.2) is 30.3 Å². The second kappa shape index (κ2) is 5.90. The van der Waals surface area contributed by atoms with Gasteiger partial charge in [0.1, 0.15) is 0 Å². The molecule has 1 N–H and O–H groups in total. The molecular weight excluding hydrogens is 196 g/mol. The van der Waals surface area contributed by atoms with Crippen molar-refractivity contribution in [2.24, 2.45) is 0 Å². The quantitative estimate of drug-likeness (QED) is 0.836. The Morgan fingerprint density at radius 1 is 1.25 bits per heavy atom. The second-order valence-electron chi connectivity index (χ2n) is 4.57. The summed E-state index contributed by atoms with van der Waals surface area (Å²) >= 11 is 0. The average Bonchev–Trinajstić information content (AvgIpc) is 2.38. The summed E-state index contributed by atoms with van der Waals surface area (Å²) in [4.78, 5) is 2.58. The molecule has 1 heterocycles. The molecule has 1 aromatic carbocycles. The molecule has 1 unspecified atom stereocenters. The second-order valence-corrected chi connectivity index (χ2v) is 4.57. The van der Waals surface area contributed by atoms with Gasteiger partial charge in [0.2, 0.25) is 0 Å². The minimum atomic E-state index is 0.726. The van der Waals surface area contributed by atoms with Crippen molar-refractivity contribution in [3.8, 4) is 0 Å². The third-order valence-corrected chi connectivity index (χ3v) is 3.44. The lowest BCUT2D eigenvalue weighted by Gasteiger charge is -2.37.